The molecule has 1 aliphatic heterocycles. The number of benzene rings is 1. The number of rotatable bonds is 3. The Morgan fingerprint density at radius 2 is 2.17 bits per heavy atom. The van der Waals surface area contributed by atoms with Gasteiger partial charge in [0.1, 0.15) is 18.2 Å². The summed E-state index contributed by atoms with van der Waals surface area (Å²) in [6, 6.07) is 5.84. The van der Waals surface area contributed by atoms with Gasteiger partial charge >= 0.3 is 0 Å². The fourth-order valence-electron chi connectivity index (χ4n) is 1.83. The van der Waals surface area contributed by atoms with E-state index in [-0.39, 0.29) is 0 Å². The standard InChI is InChI=1S/C12H13N3O2S/c1-13-7-10-14-15-12(18-10)8-3-2-4-9-11(8)17-6-5-16-9/h2-4,13H,5-7H2,1H3. The van der Waals surface area contributed by atoms with E-state index >= 15 is 0 Å². The number of nitrogens with zero attached hydrogens (tertiary/aromatic N) is 2. The average molecular weight is 263 g/mol. The molecule has 0 unspecified atom stereocenters. The Labute approximate surface area is 109 Å². The van der Waals surface area contributed by atoms with Gasteiger partial charge in [0, 0.05) is 6.54 Å². The van der Waals surface area contributed by atoms with Crippen LogP contribution in [0, 0.1) is 0 Å². The monoisotopic (exact) mass is 263 g/mol. The Kier molecular flexibility index (Phi) is 3.12. The lowest BCUT2D eigenvalue weighted by Crippen LogP contribution is -2.15. The predicted molar refractivity (Wildman–Crippen MR) is 69.1 cm³/mol. The quantitative estimate of drug-likeness (QED) is 0.913. The topological polar surface area (TPSA) is 56.3 Å². The Morgan fingerprint density at radius 3 is 3.06 bits per heavy atom. The van der Waals surface area contributed by atoms with Crippen LogP contribution < -0.4 is 14.8 Å². The maximum Gasteiger partial charge on any atom is 0.171 e. The molecule has 3 rings (SSSR count). The second-order valence-corrected chi connectivity index (χ2v) is 4.92. The third-order valence-electron chi connectivity index (χ3n) is 2.59. The second-order valence-electron chi connectivity index (χ2n) is 3.86. The number of para-hydroxylation sites is 1. The summed E-state index contributed by atoms with van der Waals surface area (Å²) in [6.45, 7) is 1.90. The summed E-state index contributed by atoms with van der Waals surface area (Å²) in [6.07, 6.45) is 0. The van der Waals surface area contributed by atoms with Crippen LogP contribution in [-0.2, 0) is 6.54 Å². The van der Waals surface area contributed by atoms with Crippen LogP contribution in [0.3, 0.4) is 0 Å². The van der Waals surface area contributed by atoms with Crippen molar-refractivity contribution in [2.45, 2.75) is 6.54 Å². The highest BCUT2D eigenvalue weighted by atomic mass is 32.1. The number of aromatic nitrogens is 2. The van der Waals surface area contributed by atoms with Crippen LogP contribution in [0.5, 0.6) is 11.5 Å². The highest BCUT2D eigenvalue weighted by molar-refractivity contribution is 7.14. The summed E-state index contributed by atoms with van der Waals surface area (Å²) in [5, 5.41) is 13.2. The first kappa shape index (κ1) is 11.4. The van der Waals surface area contributed by atoms with E-state index in [4.69, 9.17) is 9.47 Å². The van der Waals surface area contributed by atoms with Crippen molar-refractivity contribution in [3.63, 3.8) is 0 Å². The molecule has 0 saturated heterocycles. The van der Waals surface area contributed by atoms with Gasteiger partial charge in [-0.2, -0.15) is 0 Å². The molecule has 1 aliphatic rings. The van der Waals surface area contributed by atoms with E-state index in [0.717, 1.165) is 33.6 Å². The summed E-state index contributed by atoms with van der Waals surface area (Å²) in [5.74, 6) is 1.56. The minimum atomic E-state index is 0.576. The highest BCUT2D eigenvalue weighted by Crippen LogP contribution is 2.40. The molecular weight excluding hydrogens is 250 g/mol. The van der Waals surface area contributed by atoms with Crippen LogP contribution in [0.4, 0.5) is 0 Å². The van der Waals surface area contributed by atoms with Crippen molar-refractivity contribution < 1.29 is 9.47 Å². The van der Waals surface area contributed by atoms with Crippen LogP contribution in [0.1, 0.15) is 5.01 Å². The molecule has 0 amide bonds. The molecule has 2 aromatic rings. The van der Waals surface area contributed by atoms with Crippen LogP contribution in [-0.4, -0.2) is 30.5 Å². The van der Waals surface area contributed by atoms with Gasteiger partial charge in [-0.25, -0.2) is 0 Å². The summed E-state index contributed by atoms with van der Waals surface area (Å²) in [5.41, 5.74) is 0.951. The molecule has 2 heterocycles. The third-order valence-corrected chi connectivity index (χ3v) is 3.55. The average Bonchev–Trinajstić information content (AvgIpc) is 2.87. The largest absolute Gasteiger partial charge is 0.486 e. The molecular formula is C12H13N3O2S. The molecule has 18 heavy (non-hydrogen) atoms. The zero-order valence-electron chi connectivity index (χ0n) is 9.97. The highest BCUT2D eigenvalue weighted by Gasteiger charge is 2.19. The Morgan fingerprint density at radius 1 is 1.28 bits per heavy atom. The van der Waals surface area contributed by atoms with Crippen LogP contribution in [0.15, 0.2) is 18.2 Å². The van der Waals surface area contributed by atoms with E-state index in [2.05, 4.69) is 15.5 Å². The molecule has 0 atom stereocenters. The number of hydrogen-bond acceptors (Lipinski definition) is 6. The third kappa shape index (κ3) is 2.04. The van der Waals surface area contributed by atoms with Gasteiger partial charge in [-0.3, -0.25) is 0 Å². The molecule has 0 bridgehead atoms. The lowest BCUT2D eigenvalue weighted by Gasteiger charge is -2.19. The minimum absolute atomic E-state index is 0.576. The Bertz CT molecular complexity index is 556. The van der Waals surface area contributed by atoms with Gasteiger partial charge < -0.3 is 14.8 Å². The van der Waals surface area contributed by atoms with Gasteiger partial charge in [-0.1, -0.05) is 17.4 Å². The lowest BCUT2D eigenvalue weighted by molar-refractivity contribution is 0.172. The van der Waals surface area contributed by atoms with Crippen molar-refractivity contribution in [2.24, 2.45) is 0 Å². The molecule has 0 fully saturated rings. The lowest BCUT2D eigenvalue weighted by atomic mass is 10.2. The van der Waals surface area contributed by atoms with Crippen molar-refractivity contribution in [2.75, 3.05) is 20.3 Å². The molecule has 0 saturated carbocycles. The van der Waals surface area contributed by atoms with Crippen molar-refractivity contribution in [1.82, 2.24) is 15.5 Å². The van der Waals surface area contributed by atoms with Gasteiger partial charge in [-0.15, -0.1) is 10.2 Å². The van der Waals surface area contributed by atoms with E-state index < -0.39 is 0 Å². The minimum Gasteiger partial charge on any atom is -0.486 e. The molecule has 0 spiro atoms. The van der Waals surface area contributed by atoms with Crippen molar-refractivity contribution in [3.8, 4) is 22.1 Å². The van der Waals surface area contributed by atoms with Gasteiger partial charge in [-0.05, 0) is 19.2 Å². The van der Waals surface area contributed by atoms with E-state index in [1.54, 1.807) is 11.3 Å². The van der Waals surface area contributed by atoms with Gasteiger partial charge in [0.25, 0.3) is 0 Å². The smallest absolute Gasteiger partial charge is 0.171 e. The Balaban J connectivity index is 2.00. The molecule has 0 aliphatic carbocycles. The number of hydrogen-bond donors (Lipinski definition) is 1. The van der Waals surface area contributed by atoms with Crippen molar-refractivity contribution in [1.29, 1.82) is 0 Å². The van der Waals surface area contributed by atoms with Gasteiger partial charge in [0.15, 0.2) is 16.5 Å². The van der Waals surface area contributed by atoms with E-state index in [9.17, 15) is 0 Å². The molecule has 1 N–H and O–H groups in total. The Hall–Kier alpha value is -1.66. The zero-order chi connectivity index (χ0) is 12.4. The fraction of sp³-hybridized carbons (Fsp3) is 0.333. The normalized spacial score (nSPS) is 13.6. The summed E-state index contributed by atoms with van der Waals surface area (Å²) >= 11 is 1.56. The second kappa shape index (κ2) is 4.91. The zero-order valence-corrected chi connectivity index (χ0v) is 10.8. The molecule has 1 aromatic heterocycles. The van der Waals surface area contributed by atoms with Crippen LogP contribution in [0.25, 0.3) is 10.6 Å². The van der Waals surface area contributed by atoms with Crippen LogP contribution in [0.2, 0.25) is 0 Å². The summed E-state index contributed by atoms with van der Waals surface area (Å²) < 4.78 is 11.2. The first-order valence-electron chi connectivity index (χ1n) is 5.74. The first-order valence-corrected chi connectivity index (χ1v) is 6.56. The number of fused-ring (bicyclic) bond motifs is 1. The maximum atomic E-state index is 5.68. The molecule has 1 aromatic carbocycles. The summed E-state index contributed by atoms with van der Waals surface area (Å²) in [7, 11) is 1.89. The first-order chi connectivity index (χ1) is 8.88. The molecule has 94 valence electrons. The maximum absolute atomic E-state index is 5.68. The van der Waals surface area contributed by atoms with E-state index in [1.165, 1.54) is 0 Å². The van der Waals surface area contributed by atoms with Gasteiger partial charge in [0.2, 0.25) is 0 Å². The van der Waals surface area contributed by atoms with E-state index in [1.807, 2.05) is 25.2 Å². The van der Waals surface area contributed by atoms with Crippen molar-refractivity contribution >= 4 is 11.3 Å². The summed E-state index contributed by atoms with van der Waals surface area (Å²) in [4.78, 5) is 0. The number of nitrogens with one attached hydrogen (secondary N) is 1. The SMILES string of the molecule is CNCc1nnc(-c2cccc3c2OCCO3)s1. The van der Waals surface area contributed by atoms with Crippen molar-refractivity contribution in [3.05, 3.63) is 23.2 Å². The number of ether oxygens (including phenoxy) is 2. The van der Waals surface area contributed by atoms with E-state index in [0.29, 0.717) is 13.2 Å². The molecule has 6 heteroatoms. The molecule has 5 nitrogen and oxygen atoms in total. The van der Waals surface area contributed by atoms with Gasteiger partial charge in [0.05, 0.1) is 5.56 Å². The fourth-order valence-corrected chi connectivity index (χ4v) is 2.70. The van der Waals surface area contributed by atoms with Crippen LogP contribution >= 0.6 is 11.3 Å². The molecule has 0 radical (unpaired) electrons. The predicted octanol–water partition coefficient (Wildman–Crippen LogP) is 1.70.